The molecule has 0 amide bonds. The fraction of sp³-hybridized carbons (Fsp3) is 0.118. The molecule has 0 bridgehead atoms. The Hall–Kier alpha value is -2.26. The highest BCUT2D eigenvalue weighted by atomic mass is 35.5. The van der Waals surface area contributed by atoms with Crippen molar-refractivity contribution in [2.24, 2.45) is 0 Å². The molecule has 0 aliphatic rings. The molecule has 106 valence electrons. The third-order valence-electron chi connectivity index (χ3n) is 3.48. The fourth-order valence-electron chi connectivity index (χ4n) is 2.33. The Morgan fingerprint density at radius 2 is 1.95 bits per heavy atom. The van der Waals surface area contributed by atoms with Gasteiger partial charge in [0.25, 0.3) is 5.56 Å². The molecular formula is C17H14ClNO2. The van der Waals surface area contributed by atoms with E-state index in [0.717, 1.165) is 16.7 Å². The van der Waals surface area contributed by atoms with Crippen molar-refractivity contribution >= 4 is 22.4 Å². The minimum atomic E-state index is -0.0323. The van der Waals surface area contributed by atoms with Gasteiger partial charge in [0.2, 0.25) is 0 Å². The first kappa shape index (κ1) is 13.7. The highest BCUT2D eigenvalue weighted by Gasteiger charge is 2.06. The fourth-order valence-corrected chi connectivity index (χ4v) is 2.52. The Kier molecular flexibility index (Phi) is 3.67. The van der Waals surface area contributed by atoms with Gasteiger partial charge in [-0.2, -0.15) is 0 Å². The van der Waals surface area contributed by atoms with Crippen LogP contribution in [0.5, 0.6) is 5.75 Å². The largest absolute Gasteiger partial charge is 0.497 e. The third kappa shape index (κ3) is 2.65. The van der Waals surface area contributed by atoms with Crippen LogP contribution in [-0.2, 0) is 6.54 Å². The van der Waals surface area contributed by atoms with E-state index in [9.17, 15) is 4.79 Å². The third-order valence-corrected chi connectivity index (χ3v) is 3.85. The van der Waals surface area contributed by atoms with Gasteiger partial charge in [0.1, 0.15) is 5.75 Å². The lowest BCUT2D eigenvalue weighted by Crippen LogP contribution is -2.20. The van der Waals surface area contributed by atoms with Crippen LogP contribution in [0.15, 0.2) is 59.5 Å². The quantitative estimate of drug-likeness (QED) is 0.738. The van der Waals surface area contributed by atoms with Crippen molar-refractivity contribution in [3.63, 3.8) is 0 Å². The lowest BCUT2D eigenvalue weighted by atomic mass is 10.1. The lowest BCUT2D eigenvalue weighted by molar-refractivity contribution is 0.415. The summed E-state index contributed by atoms with van der Waals surface area (Å²) in [4.78, 5) is 12.5. The molecule has 0 saturated carbocycles. The average molecular weight is 300 g/mol. The van der Waals surface area contributed by atoms with Gasteiger partial charge in [-0.15, -0.1) is 0 Å². The van der Waals surface area contributed by atoms with Crippen LogP contribution in [0.3, 0.4) is 0 Å². The number of aromatic nitrogens is 1. The maximum absolute atomic E-state index is 12.5. The number of hydrogen-bond donors (Lipinski definition) is 0. The first-order chi connectivity index (χ1) is 10.2. The molecule has 1 heterocycles. The smallest absolute Gasteiger partial charge is 0.258 e. The number of ether oxygens (including phenoxy) is 1. The standard InChI is InChI=1S/C17H14ClNO2/c1-21-14-6-7-15-12(10-14)8-9-19(17(15)20)11-13-4-2-3-5-16(13)18/h2-10H,11H2,1H3. The van der Waals surface area contributed by atoms with Crippen LogP contribution in [-0.4, -0.2) is 11.7 Å². The first-order valence-corrected chi connectivity index (χ1v) is 6.97. The molecule has 0 radical (unpaired) electrons. The summed E-state index contributed by atoms with van der Waals surface area (Å²) in [5, 5.41) is 2.21. The van der Waals surface area contributed by atoms with Gasteiger partial charge < -0.3 is 9.30 Å². The molecule has 0 fully saturated rings. The minimum absolute atomic E-state index is 0.0323. The number of halogens is 1. The van der Waals surface area contributed by atoms with E-state index in [2.05, 4.69) is 0 Å². The molecule has 4 heteroatoms. The van der Waals surface area contributed by atoms with Gasteiger partial charge in [-0.1, -0.05) is 29.8 Å². The number of rotatable bonds is 3. The van der Waals surface area contributed by atoms with E-state index in [0.29, 0.717) is 17.0 Å². The SMILES string of the molecule is COc1ccc2c(=O)n(Cc3ccccc3Cl)ccc2c1. The number of benzene rings is 2. The van der Waals surface area contributed by atoms with Crippen molar-refractivity contribution in [3.05, 3.63) is 75.7 Å². The van der Waals surface area contributed by atoms with Gasteiger partial charge >= 0.3 is 0 Å². The van der Waals surface area contributed by atoms with Crippen molar-refractivity contribution in [2.45, 2.75) is 6.54 Å². The Balaban J connectivity index is 2.07. The Labute approximate surface area is 127 Å². The van der Waals surface area contributed by atoms with Crippen LogP contribution in [0.25, 0.3) is 10.8 Å². The molecule has 3 nitrogen and oxygen atoms in total. The predicted octanol–water partition coefficient (Wildman–Crippen LogP) is 3.71. The summed E-state index contributed by atoms with van der Waals surface area (Å²) < 4.78 is 6.84. The summed E-state index contributed by atoms with van der Waals surface area (Å²) in [5.74, 6) is 0.741. The monoisotopic (exact) mass is 299 g/mol. The molecule has 0 saturated heterocycles. The van der Waals surface area contributed by atoms with E-state index < -0.39 is 0 Å². The van der Waals surface area contributed by atoms with Crippen LogP contribution < -0.4 is 10.3 Å². The lowest BCUT2D eigenvalue weighted by Gasteiger charge is -2.09. The van der Waals surface area contributed by atoms with Crippen LogP contribution >= 0.6 is 11.6 Å². The van der Waals surface area contributed by atoms with E-state index in [1.165, 1.54) is 0 Å². The summed E-state index contributed by atoms with van der Waals surface area (Å²) >= 11 is 6.15. The van der Waals surface area contributed by atoms with Crippen LogP contribution in [0.2, 0.25) is 5.02 Å². The zero-order valence-corrected chi connectivity index (χ0v) is 12.3. The Bertz CT molecular complexity index is 855. The van der Waals surface area contributed by atoms with Crippen molar-refractivity contribution in [1.82, 2.24) is 4.57 Å². The number of nitrogens with zero attached hydrogens (tertiary/aromatic N) is 1. The highest BCUT2D eigenvalue weighted by molar-refractivity contribution is 6.31. The summed E-state index contributed by atoms with van der Waals surface area (Å²) in [6.07, 6.45) is 1.79. The zero-order valence-electron chi connectivity index (χ0n) is 11.5. The highest BCUT2D eigenvalue weighted by Crippen LogP contribution is 2.19. The van der Waals surface area contributed by atoms with Gasteiger partial charge in [-0.25, -0.2) is 0 Å². The molecule has 0 atom stereocenters. The molecule has 1 aromatic heterocycles. The van der Waals surface area contributed by atoms with E-state index in [-0.39, 0.29) is 5.56 Å². The molecule has 3 aromatic rings. The van der Waals surface area contributed by atoms with Gasteiger partial charge in [-0.3, -0.25) is 4.79 Å². The summed E-state index contributed by atoms with van der Waals surface area (Å²) in [7, 11) is 1.61. The predicted molar refractivity (Wildman–Crippen MR) is 85.3 cm³/mol. The van der Waals surface area contributed by atoms with E-state index in [1.54, 1.807) is 30.0 Å². The Morgan fingerprint density at radius 1 is 1.14 bits per heavy atom. The number of methoxy groups -OCH3 is 1. The summed E-state index contributed by atoms with van der Waals surface area (Å²) in [6, 6.07) is 14.9. The average Bonchev–Trinajstić information content (AvgIpc) is 2.51. The number of pyridine rings is 1. The zero-order chi connectivity index (χ0) is 14.8. The molecule has 0 aliphatic heterocycles. The second-order valence-electron chi connectivity index (χ2n) is 4.79. The molecule has 0 N–H and O–H groups in total. The maximum atomic E-state index is 12.5. The molecule has 2 aromatic carbocycles. The van der Waals surface area contributed by atoms with Crippen molar-refractivity contribution < 1.29 is 4.74 Å². The number of hydrogen-bond acceptors (Lipinski definition) is 2. The molecule has 3 rings (SSSR count). The van der Waals surface area contributed by atoms with Gasteiger partial charge in [-0.05, 0) is 41.3 Å². The van der Waals surface area contributed by atoms with Gasteiger partial charge in [0.05, 0.1) is 13.7 Å². The second-order valence-corrected chi connectivity index (χ2v) is 5.20. The maximum Gasteiger partial charge on any atom is 0.258 e. The van der Waals surface area contributed by atoms with Crippen LogP contribution in [0, 0.1) is 0 Å². The Morgan fingerprint density at radius 3 is 2.71 bits per heavy atom. The number of fused-ring (bicyclic) bond motifs is 1. The van der Waals surface area contributed by atoms with Crippen molar-refractivity contribution in [3.8, 4) is 5.75 Å². The molecule has 0 aliphatic carbocycles. The van der Waals surface area contributed by atoms with E-state index in [1.807, 2.05) is 36.4 Å². The molecule has 0 unspecified atom stereocenters. The second kappa shape index (κ2) is 5.62. The molecule has 21 heavy (non-hydrogen) atoms. The molecular weight excluding hydrogens is 286 g/mol. The van der Waals surface area contributed by atoms with Crippen LogP contribution in [0.4, 0.5) is 0 Å². The van der Waals surface area contributed by atoms with Crippen molar-refractivity contribution in [2.75, 3.05) is 7.11 Å². The summed E-state index contributed by atoms with van der Waals surface area (Å²) in [6.45, 7) is 0.459. The van der Waals surface area contributed by atoms with Crippen molar-refractivity contribution in [1.29, 1.82) is 0 Å². The first-order valence-electron chi connectivity index (χ1n) is 6.59. The topological polar surface area (TPSA) is 31.2 Å². The van der Waals surface area contributed by atoms with Crippen LogP contribution in [0.1, 0.15) is 5.56 Å². The van der Waals surface area contributed by atoms with E-state index >= 15 is 0 Å². The van der Waals surface area contributed by atoms with Gasteiger partial charge in [0, 0.05) is 16.6 Å². The summed E-state index contributed by atoms with van der Waals surface area (Å²) in [5.41, 5.74) is 0.893. The molecule has 0 spiro atoms. The normalized spacial score (nSPS) is 10.8. The minimum Gasteiger partial charge on any atom is -0.497 e. The van der Waals surface area contributed by atoms with E-state index in [4.69, 9.17) is 16.3 Å². The van der Waals surface area contributed by atoms with Gasteiger partial charge in [0.15, 0.2) is 0 Å².